The third-order valence-corrected chi connectivity index (χ3v) is 3.74. The molecule has 2 aromatic rings. The van der Waals surface area contributed by atoms with Gasteiger partial charge in [-0.05, 0) is 24.6 Å². The van der Waals surface area contributed by atoms with Crippen LogP contribution in [0.3, 0.4) is 0 Å². The molecule has 0 aromatic heterocycles. The molecule has 5 nitrogen and oxygen atoms in total. The molecule has 0 aliphatic carbocycles. The van der Waals surface area contributed by atoms with Crippen molar-refractivity contribution in [1.82, 2.24) is 10.6 Å². The molecule has 0 fully saturated rings. The fourth-order valence-electron chi connectivity index (χ4n) is 2.36. The highest BCUT2D eigenvalue weighted by molar-refractivity contribution is 5.98. The number of carbonyl (C=O) groups excluding carboxylic acids is 2. The van der Waals surface area contributed by atoms with Crippen LogP contribution in [0.1, 0.15) is 22.8 Å². The summed E-state index contributed by atoms with van der Waals surface area (Å²) in [5, 5.41) is 3.94. The van der Waals surface area contributed by atoms with E-state index in [0.29, 0.717) is 5.56 Å². The molecule has 1 atom stereocenters. The van der Waals surface area contributed by atoms with Crippen molar-refractivity contribution in [3.8, 4) is 0 Å². The summed E-state index contributed by atoms with van der Waals surface area (Å²) in [5.41, 5.74) is -2.90. The first kappa shape index (κ1) is 20.4. The van der Waals surface area contributed by atoms with Gasteiger partial charge in [0.25, 0.3) is 11.6 Å². The van der Waals surface area contributed by atoms with E-state index < -0.39 is 23.7 Å². The van der Waals surface area contributed by atoms with Gasteiger partial charge in [-0.3, -0.25) is 10.1 Å². The quantitative estimate of drug-likeness (QED) is 0.572. The predicted molar refractivity (Wildman–Crippen MR) is 92.6 cm³/mol. The van der Waals surface area contributed by atoms with Gasteiger partial charge in [0.05, 0.1) is 6.61 Å². The number of ether oxygens (including phenoxy) is 1. The second-order valence-electron chi connectivity index (χ2n) is 5.63. The summed E-state index contributed by atoms with van der Waals surface area (Å²) >= 11 is 0. The molecule has 0 aliphatic heterocycles. The Kier molecular flexibility index (Phi) is 6.57. The molecule has 2 aromatic carbocycles. The maximum Gasteiger partial charge on any atom is 0.436 e. The number of alkyl halides is 3. The number of esters is 1. The number of rotatable bonds is 7. The molecule has 1 amide bonds. The largest absolute Gasteiger partial charge is 0.463 e. The molecule has 0 saturated heterocycles. The van der Waals surface area contributed by atoms with Crippen molar-refractivity contribution in [3.63, 3.8) is 0 Å². The lowest BCUT2D eigenvalue weighted by atomic mass is 10.1. The molecule has 0 bridgehead atoms. The van der Waals surface area contributed by atoms with E-state index in [1.165, 1.54) is 31.2 Å². The van der Waals surface area contributed by atoms with E-state index in [9.17, 15) is 22.8 Å². The van der Waals surface area contributed by atoms with Crippen LogP contribution in [0.4, 0.5) is 13.2 Å². The minimum Gasteiger partial charge on any atom is -0.463 e. The zero-order valence-corrected chi connectivity index (χ0v) is 14.5. The molecule has 0 heterocycles. The molecule has 27 heavy (non-hydrogen) atoms. The monoisotopic (exact) mass is 380 g/mol. The van der Waals surface area contributed by atoms with E-state index in [1.54, 1.807) is 41.7 Å². The van der Waals surface area contributed by atoms with E-state index >= 15 is 0 Å². The Labute approximate surface area is 154 Å². The average Bonchev–Trinajstić information content (AvgIpc) is 2.65. The highest BCUT2D eigenvalue weighted by Gasteiger charge is 2.63. The molecular formula is C19H19F3N2O3. The summed E-state index contributed by atoms with van der Waals surface area (Å²) in [5.74, 6) is -2.68. The van der Waals surface area contributed by atoms with Gasteiger partial charge in [0.1, 0.15) is 0 Å². The van der Waals surface area contributed by atoms with Gasteiger partial charge >= 0.3 is 12.1 Å². The van der Waals surface area contributed by atoms with Gasteiger partial charge in [-0.15, -0.1) is 0 Å². The van der Waals surface area contributed by atoms with Crippen molar-refractivity contribution < 1.29 is 27.5 Å². The maximum absolute atomic E-state index is 13.9. The van der Waals surface area contributed by atoms with Crippen LogP contribution in [0.15, 0.2) is 60.7 Å². The lowest BCUT2D eigenvalue weighted by Crippen LogP contribution is -2.72. The number of carbonyl (C=O) groups is 2. The maximum atomic E-state index is 13.9. The number of halogens is 3. The Morgan fingerprint density at radius 1 is 0.963 bits per heavy atom. The first-order chi connectivity index (χ1) is 12.8. The van der Waals surface area contributed by atoms with Gasteiger partial charge < -0.3 is 10.1 Å². The summed E-state index contributed by atoms with van der Waals surface area (Å²) in [6.45, 7) is 0.800. The number of nitrogens with one attached hydrogen (secondary N) is 2. The highest BCUT2D eigenvalue weighted by Crippen LogP contribution is 2.30. The fourth-order valence-corrected chi connectivity index (χ4v) is 2.36. The first-order valence-electron chi connectivity index (χ1n) is 8.20. The van der Waals surface area contributed by atoms with Gasteiger partial charge in [-0.25, -0.2) is 4.79 Å². The molecule has 144 valence electrons. The van der Waals surface area contributed by atoms with E-state index in [2.05, 4.69) is 10.1 Å². The average molecular weight is 380 g/mol. The van der Waals surface area contributed by atoms with Gasteiger partial charge in [0.2, 0.25) is 0 Å². The molecule has 0 unspecified atom stereocenters. The molecule has 0 saturated carbocycles. The Bertz CT molecular complexity index is 767. The number of hydrogen-bond acceptors (Lipinski definition) is 4. The fraction of sp³-hybridized carbons (Fsp3) is 0.263. The SMILES string of the molecule is CCOC(=O)[C@@](NCc1ccccc1)(NC(=O)c1ccccc1)C(F)(F)F. The van der Waals surface area contributed by atoms with Crippen molar-refractivity contribution in [2.75, 3.05) is 6.61 Å². The smallest absolute Gasteiger partial charge is 0.436 e. The van der Waals surface area contributed by atoms with Crippen LogP contribution in [0, 0.1) is 0 Å². The first-order valence-corrected chi connectivity index (χ1v) is 8.20. The second-order valence-corrected chi connectivity index (χ2v) is 5.63. The van der Waals surface area contributed by atoms with Gasteiger partial charge in [-0.2, -0.15) is 13.2 Å². The standard InChI is InChI=1S/C19H19F3N2O3/c1-2-27-17(26)18(19(20,21)22,23-13-14-9-5-3-6-10-14)24-16(25)15-11-7-4-8-12-15/h3-12,23H,2,13H2,1H3,(H,24,25)/t18-/m1/s1. The Morgan fingerprint density at radius 3 is 2.04 bits per heavy atom. The molecule has 2 N–H and O–H groups in total. The van der Waals surface area contributed by atoms with E-state index in [1.807, 2.05) is 0 Å². The Hall–Kier alpha value is -2.87. The van der Waals surface area contributed by atoms with Gasteiger partial charge in [-0.1, -0.05) is 48.5 Å². The van der Waals surface area contributed by atoms with Crippen molar-refractivity contribution in [2.24, 2.45) is 0 Å². The number of benzene rings is 2. The summed E-state index contributed by atoms with van der Waals surface area (Å²) in [6, 6.07) is 15.5. The van der Waals surface area contributed by atoms with Crippen molar-refractivity contribution in [3.05, 3.63) is 71.8 Å². The van der Waals surface area contributed by atoms with Gasteiger partial charge in [0.15, 0.2) is 0 Å². The van der Waals surface area contributed by atoms with Crippen LogP contribution in [0.2, 0.25) is 0 Å². The topological polar surface area (TPSA) is 67.4 Å². The lowest BCUT2D eigenvalue weighted by molar-refractivity contribution is -0.219. The third-order valence-electron chi connectivity index (χ3n) is 3.74. The van der Waals surface area contributed by atoms with Gasteiger partial charge in [0, 0.05) is 12.1 Å². The molecule has 0 spiro atoms. The van der Waals surface area contributed by atoms with Crippen LogP contribution in [0.5, 0.6) is 0 Å². The lowest BCUT2D eigenvalue weighted by Gasteiger charge is -2.34. The Morgan fingerprint density at radius 2 is 1.52 bits per heavy atom. The Balaban J connectivity index is 2.37. The molecule has 2 rings (SSSR count). The number of amides is 1. The molecule has 0 aliphatic rings. The zero-order valence-electron chi connectivity index (χ0n) is 14.5. The minimum absolute atomic E-state index is 0.0167. The summed E-state index contributed by atoms with van der Waals surface area (Å²) < 4.78 is 46.5. The number of hydrogen-bond donors (Lipinski definition) is 2. The van der Waals surface area contributed by atoms with E-state index in [-0.39, 0.29) is 18.7 Å². The summed E-state index contributed by atoms with van der Waals surface area (Å²) in [4.78, 5) is 24.6. The van der Waals surface area contributed by atoms with Crippen LogP contribution < -0.4 is 10.6 Å². The van der Waals surface area contributed by atoms with Crippen molar-refractivity contribution >= 4 is 11.9 Å². The predicted octanol–water partition coefficient (Wildman–Crippen LogP) is 3.03. The van der Waals surface area contributed by atoms with Crippen LogP contribution in [-0.4, -0.2) is 30.3 Å². The van der Waals surface area contributed by atoms with Crippen molar-refractivity contribution in [2.45, 2.75) is 25.3 Å². The van der Waals surface area contributed by atoms with Crippen LogP contribution >= 0.6 is 0 Å². The van der Waals surface area contributed by atoms with Crippen molar-refractivity contribution in [1.29, 1.82) is 0 Å². The van der Waals surface area contributed by atoms with Crippen LogP contribution in [0.25, 0.3) is 0 Å². The zero-order chi connectivity index (χ0) is 19.9. The molecule has 0 radical (unpaired) electrons. The van der Waals surface area contributed by atoms with E-state index in [4.69, 9.17) is 0 Å². The minimum atomic E-state index is -5.14. The normalized spacial score (nSPS) is 13.5. The highest BCUT2D eigenvalue weighted by atomic mass is 19.4. The second kappa shape index (κ2) is 8.68. The molecule has 8 heteroatoms. The third kappa shape index (κ3) is 4.85. The summed E-state index contributed by atoms with van der Waals surface area (Å²) in [6.07, 6.45) is -5.14. The van der Waals surface area contributed by atoms with E-state index in [0.717, 1.165) is 0 Å². The molecular weight excluding hydrogens is 361 g/mol. The van der Waals surface area contributed by atoms with Crippen LogP contribution in [-0.2, 0) is 16.1 Å². The summed E-state index contributed by atoms with van der Waals surface area (Å²) in [7, 11) is 0.